The lowest BCUT2D eigenvalue weighted by Crippen LogP contribution is -2.19. The van der Waals surface area contributed by atoms with Gasteiger partial charge in [0.15, 0.2) is 0 Å². The lowest BCUT2D eigenvalue weighted by molar-refractivity contribution is 0.147. The topological polar surface area (TPSA) is 55.4 Å². The molecule has 0 aromatic heterocycles. The smallest absolute Gasteiger partial charge is 0.411 e. The maximum Gasteiger partial charge on any atom is 0.411 e. The van der Waals surface area contributed by atoms with E-state index in [1.807, 2.05) is 13.8 Å². The summed E-state index contributed by atoms with van der Waals surface area (Å²) < 4.78 is 30.6. The number of benzene rings is 1. The molecule has 2 rings (SSSR count). The largest absolute Gasteiger partial charge is 0.449 e. The van der Waals surface area contributed by atoms with E-state index in [1.54, 1.807) is 12.1 Å². The molecule has 4 nitrogen and oxygen atoms in total. The van der Waals surface area contributed by atoms with Gasteiger partial charge in [-0.1, -0.05) is 19.9 Å². The average molecular weight is 327 g/mol. The Morgan fingerprint density at radius 3 is 2.68 bits per heavy atom. The third kappa shape index (κ3) is 4.80. The maximum atomic E-state index is 14.2. The van der Waals surface area contributed by atoms with Crippen LogP contribution in [0.5, 0.6) is 0 Å². The zero-order valence-electron chi connectivity index (χ0n) is 12.9. The minimum Gasteiger partial charge on any atom is -0.449 e. The SMILES string of the molecule is CC(C)COC(=O)Nc1ccc(C2CCS(=O)CC2)c(F)c1. The summed E-state index contributed by atoms with van der Waals surface area (Å²) in [6.07, 6.45) is 0.911. The normalized spacial score (nSPS) is 21.6. The van der Waals surface area contributed by atoms with Crippen LogP contribution in [-0.2, 0) is 15.5 Å². The first-order valence-corrected chi connectivity index (χ1v) is 9.02. The molecule has 6 heteroatoms. The molecule has 122 valence electrons. The van der Waals surface area contributed by atoms with Gasteiger partial charge in [0.2, 0.25) is 0 Å². The number of anilines is 1. The molecule has 1 fully saturated rings. The molecular formula is C16H22FNO3S. The molecule has 1 heterocycles. The summed E-state index contributed by atoms with van der Waals surface area (Å²) in [5.41, 5.74) is 1.02. The van der Waals surface area contributed by atoms with Crippen molar-refractivity contribution in [3.63, 3.8) is 0 Å². The molecule has 1 aliphatic rings. The molecule has 0 aliphatic carbocycles. The predicted octanol–water partition coefficient (Wildman–Crippen LogP) is 3.66. The fourth-order valence-electron chi connectivity index (χ4n) is 2.44. The van der Waals surface area contributed by atoms with Crippen LogP contribution in [0.1, 0.15) is 38.2 Å². The number of rotatable bonds is 4. The van der Waals surface area contributed by atoms with Gasteiger partial charge in [0.05, 0.1) is 6.61 Å². The number of ether oxygens (including phenoxy) is 1. The van der Waals surface area contributed by atoms with Gasteiger partial charge in [-0.2, -0.15) is 0 Å². The van der Waals surface area contributed by atoms with E-state index < -0.39 is 16.9 Å². The molecule has 1 amide bonds. The second-order valence-corrected chi connectivity index (χ2v) is 7.67. The highest BCUT2D eigenvalue weighted by Crippen LogP contribution is 2.31. The van der Waals surface area contributed by atoms with Gasteiger partial charge in [-0.25, -0.2) is 9.18 Å². The summed E-state index contributed by atoms with van der Waals surface area (Å²) in [5, 5.41) is 2.53. The number of carbonyl (C=O) groups is 1. The summed E-state index contributed by atoms with van der Waals surface area (Å²) in [6, 6.07) is 4.70. The zero-order chi connectivity index (χ0) is 16.1. The summed E-state index contributed by atoms with van der Waals surface area (Å²) in [6.45, 7) is 4.21. The van der Waals surface area contributed by atoms with Crippen molar-refractivity contribution in [3.8, 4) is 0 Å². The predicted molar refractivity (Wildman–Crippen MR) is 86.1 cm³/mol. The Hall–Kier alpha value is -1.43. The van der Waals surface area contributed by atoms with Crippen molar-refractivity contribution in [3.05, 3.63) is 29.6 Å². The summed E-state index contributed by atoms with van der Waals surface area (Å²) >= 11 is 0. The number of carbonyl (C=O) groups excluding carboxylic acids is 1. The van der Waals surface area contributed by atoms with Crippen LogP contribution in [0.3, 0.4) is 0 Å². The van der Waals surface area contributed by atoms with Crippen molar-refractivity contribution in [2.45, 2.75) is 32.6 Å². The van der Waals surface area contributed by atoms with E-state index in [2.05, 4.69) is 5.32 Å². The van der Waals surface area contributed by atoms with Gasteiger partial charge in [0, 0.05) is 28.0 Å². The molecule has 0 atom stereocenters. The molecule has 0 saturated carbocycles. The van der Waals surface area contributed by atoms with E-state index in [9.17, 15) is 13.4 Å². The minimum absolute atomic E-state index is 0.111. The first-order valence-electron chi connectivity index (χ1n) is 7.54. The number of halogens is 1. The maximum absolute atomic E-state index is 14.2. The minimum atomic E-state index is -0.756. The molecular weight excluding hydrogens is 305 g/mol. The van der Waals surface area contributed by atoms with E-state index >= 15 is 0 Å². The molecule has 0 radical (unpaired) electrons. The Morgan fingerprint density at radius 1 is 1.41 bits per heavy atom. The van der Waals surface area contributed by atoms with E-state index in [0.29, 0.717) is 29.4 Å². The van der Waals surface area contributed by atoms with Crippen molar-refractivity contribution in [2.24, 2.45) is 5.92 Å². The Balaban J connectivity index is 1.97. The van der Waals surface area contributed by atoms with Crippen molar-refractivity contribution in [2.75, 3.05) is 23.4 Å². The highest BCUT2D eigenvalue weighted by Gasteiger charge is 2.22. The number of hydrogen-bond donors (Lipinski definition) is 1. The van der Waals surface area contributed by atoms with Crippen molar-refractivity contribution < 1.29 is 18.1 Å². The second kappa shape index (κ2) is 7.72. The standard InChI is InChI=1S/C16H22FNO3S/c1-11(2)10-21-16(19)18-13-3-4-14(15(17)9-13)12-5-7-22(20)8-6-12/h3-4,9,11-12H,5-8,10H2,1-2H3,(H,18,19). The lowest BCUT2D eigenvalue weighted by Gasteiger charge is -2.22. The highest BCUT2D eigenvalue weighted by molar-refractivity contribution is 7.85. The van der Waals surface area contributed by atoms with Crippen molar-refractivity contribution in [1.82, 2.24) is 0 Å². The fraction of sp³-hybridized carbons (Fsp3) is 0.562. The lowest BCUT2D eigenvalue weighted by atomic mass is 9.93. The molecule has 1 N–H and O–H groups in total. The van der Waals surface area contributed by atoms with Crippen LogP contribution in [0, 0.1) is 11.7 Å². The molecule has 0 unspecified atom stereocenters. The first-order chi connectivity index (χ1) is 10.5. The van der Waals surface area contributed by atoms with Gasteiger partial charge in [-0.05, 0) is 42.4 Å². The van der Waals surface area contributed by atoms with Gasteiger partial charge in [0.1, 0.15) is 5.82 Å². The van der Waals surface area contributed by atoms with Gasteiger partial charge in [-0.15, -0.1) is 0 Å². The van der Waals surface area contributed by atoms with Crippen molar-refractivity contribution >= 4 is 22.6 Å². The van der Waals surface area contributed by atoms with Crippen LogP contribution in [0.4, 0.5) is 14.9 Å². The van der Waals surface area contributed by atoms with E-state index in [4.69, 9.17) is 4.74 Å². The van der Waals surface area contributed by atoms with Gasteiger partial charge in [-0.3, -0.25) is 9.53 Å². The van der Waals surface area contributed by atoms with Crippen LogP contribution < -0.4 is 5.32 Å². The van der Waals surface area contributed by atoms with Gasteiger partial charge in [0.25, 0.3) is 0 Å². The number of amides is 1. The summed E-state index contributed by atoms with van der Waals surface area (Å²) in [5.74, 6) is 1.29. The Kier molecular flexibility index (Phi) is 5.94. The highest BCUT2D eigenvalue weighted by atomic mass is 32.2. The van der Waals surface area contributed by atoms with E-state index in [1.165, 1.54) is 6.07 Å². The molecule has 0 spiro atoms. The van der Waals surface area contributed by atoms with E-state index in [0.717, 1.165) is 12.8 Å². The fourth-order valence-corrected chi connectivity index (χ4v) is 3.74. The third-order valence-corrected chi connectivity index (χ3v) is 5.00. The van der Waals surface area contributed by atoms with Gasteiger partial charge >= 0.3 is 6.09 Å². The average Bonchev–Trinajstić information content (AvgIpc) is 2.46. The Bertz CT molecular complexity index is 552. The molecule has 22 heavy (non-hydrogen) atoms. The molecule has 1 aromatic carbocycles. The number of hydrogen-bond acceptors (Lipinski definition) is 3. The van der Waals surface area contributed by atoms with Crippen LogP contribution >= 0.6 is 0 Å². The van der Waals surface area contributed by atoms with Crippen LogP contribution in [0.15, 0.2) is 18.2 Å². The number of nitrogens with one attached hydrogen (secondary N) is 1. The molecule has 1 aliphatic heterocycles. The molecule has 1 saturated heterocycles. The zero-order valence-corrected chi connectivity index (χ0v) is 13.7. The monoisotopic (exact) mass is 327 g/mol. The first kappa shape index (κ1) is 16.9. The third-order valence-electron chi connectivity index (χ3n) is 3.62. The Morgan fingerprint density at radius 2 is 2.09 bits per heavy atom. The Labute approximate surface area is 132 Å². The quantitative estimate of drug-likeness (QED) is 0.918. The van der Waals surface area contributed by atoms with Crippen LogP contribution in [0.25, 0.3) is 0 Å². The second-order valence-electron chi connectivity index (χ2n) is 5.98. The summed E-state index contributed by atoms with van der Waals surface area (Å²) in [4.78, 5) is 11.6. The van der Waals surface area contributed by atoms with E-state index in [-0.39, 0.29) is 17.7 Å². The summed E-state index contributed by atoms with van der Waals surface area (Å²) in [7, 11) is -0.756. The molecule has 1 aromatic rings. The van der Waals surface area contributed by atoms with Crippen LogP contribution in [-0.4, -0.2) is 28.4 Å². The van der Waals surface area contributed by atoms with Crippen molar-refractivity contribution in [1.29, 1.82) is 0 Å². The van der Waals surface area contributed by atoms with Gasteiger partial charge < -0.3 is 4.74 Å². The van der Waals surface area contributed by atoms with Crippen LogP contribution in [0.2, 0.25) is 0 Å². The molecule has 0 bridgehead atoms.